The van der Waals surface area contributed by atoms with E-state index in [1.807, 2.05) is 38.1 Å². The molecule has 2 N–H and O–H groups in total. The highest BCUT2D eigenvalue weighted by Crippen LogP contribution is 2.44. The first-order valence-corrected chi connectivity index (χ1v) is 12.5. The molecule has 2 aromatic carbocycles. The van der Waals surface area contributed by atoms with Gasteiger partial charge >= 0.3 is 12.1 Å². The number of carboxylic acid groups (broad SMARTS) is 1. The second kappa shape index (κ2) is 10.9. The van der Waals surface area contributed by atoms with Gasteiger partial charge in [0, 0.05) is 31.5 Å². The molecule has 186 valence electrons. The molecule has 1 unspecified atom stereocenters. The first kappa shape index (κ1) is 24.8. The highest BCUT2D eigenvalue weighted by Gasteiger charge is 2.35. The maximum atomic E-state index is 12.9. The summed E-state index contributed by atoms with van der Waals surface area (Å²) in [5.41, 5.74) is 4.68. The van der Waals surface area contributed by atoms with E-state index in [2.05, 4.69) is 29.6 Å². The van der Waals surface area contributed by atoms with E-state index < -0.39 is 18.0 Å². The number of fused-ring (bicyclic) bond motifs is 3. The van der Waals surface area contributed by atoms with Gasteiger partial charge in [0.1, 0.15) is 6.61 Å². The zero-order valence-electron chi connectivity index (χ0n) is 20.4. The number of piperidine rings is 1. The minimum Gasteiger partial charge on any atom is -0.481 e. The number of amides is 2. The van der Waals surface area contributed by atoms with Gasteiger partial charge in [0.2, 0.25) is 5.91 Å². The largest absolute Gasteiger partial charge is 0.481 e. The molecule has 0 aromatic heterocycles. The van der Waals surface area contributed by atoms with E-state index in [0.29, 0.717) is 25.9 Å². The molecule has 1 heterocycles. The quantitative estimate of drug-likeness (QED) is 0.576. The van der Waals surface area contributed by atoms with Gasteiger partial charge in [-0.1, -0.05) is 61.9 Å². The van der Waals surface area contributed by atoms with Gasteiger partial charge in [0.05, 0.1) is 5.92 Å². The van der Waals surface area contributed by atoms with Crippen molar-refractivity contribution in [3.8, 4) is 11.1 Å². The molecule has 7 heteroatoms. The molecule has 0 spiro atoms. The predicted molar refractivity (Wildman–Crippen MR) is 133 cm³/mol. The fourth-order valence-corrected chi connectivity index (χ4v) is 5.43. The summed E-state index contributed by atoms with van der Waals surface area (Å²) >= 11 is 0. The zero-order valence-corrected chi connectivity index (χ0v) is 20.4. The Balaban J connectivity index is 1.29. The lowest BCUT2D eigenvalue weighted by Crippen LogP contribution is -2.49. The van der Waals surface area contributed by atoms with Gasteiger partial charge in [-0.3, -0.25) is 9.59 Å². The Morgan fingerprint density at radius 3 is 2.31 bits per heavy atom. The Morgan fingerprint density at radius 2 is 1.71 bits per heavy atom. The van der Waals surface area contributed by atoms with Crippen molar-refractivity contribution in [1.82, 2.24) is 10.2 Å². The van der Waals surface area contributed by atoms with Crippen molar-refractivity contribution in [1.29, 1.82) is 0 Å². The van der Waals surface area contributed by atoms with Gasteiger partial charge in [0.15, 0.2) is 0 Å². The van der Waals surface area contributed by atoms with Crippen LogP contribution in [0, 0.1) is 11.8 Å². The molecule has 1 fully saturated rings. The Kier molecular flexibility index (Phi) is 7.73. The standard InChI is InChI=1S/C28H34N2O5/c1-3-19(15-26(31)30-14-8-13-20(18(30)2)27(32)33)16-29-28(34)35-17-25-23-11-6-4-9-21(23)22-10-5-7-12-24(22)25/h4-7,9-12,18-20,25H,3,8,13-17H2,1-2H3,(H,29,34)(H,32,33)/t18-,19?,20-/m0/s1. The maximum Gasteiger partial charge on any atom is 0.407 e. The van der Waals surface area contributed by atoms with Crippen LogP contribution in [0.3, 0.4) is 0 Å². The summed E-state index contributed by atoms with van der Waals surface area (Å²) in [6.45, 7) is 4.96. The van der Waals surface area contributed by atoms with Crippen molar-refractivity contribution < 1.29 is 24.2 Å². The van der Waals surface area contributed by atoms with Crippen molar-refractivity contribution in [2.75, 3.05) is 19.7 Å². The first-order chi connectivity index (χ1) is 16.9. The summed E-state index contributed by atoms with van der Waals surface area (Å²) in [4.78, 5) is 38.6. The van der Waals surface area contributed by atoms with Crippen LogP contribution in [0.4, 0.5) is 4.79 Å². The maximum absolute atomic E-state index is 12.9. The lowest BCUT2D eigenvalue weighted by atomic mass is 9.89. The molecular weight excluding hydrogens is 444 g/mol. The molecule has 7 nitrogen and oxygen atoms in total. The summed E-state index contributed by atoms with van der Waals surface area (Å²) in [6, 6.07) is 16.1. The van der Waals surface area contributed by atoms with Crippen molar-refractivity contribution in [3.05, 3.63) is 59.7 Å². The molecule has 3 atom stereocenters. The number of nitrogens with zero attached hydrogens (tertiary/aromatic N) is 1. The van der Waals surface area contributed by atoms with Crippen LogP contribution in [0.2, 0.25) is 0 Å². The fraction of sp³-hybridized carbons (Fsp3) is 0.464. The predicted octanol–water partition coefficient (Wildman–Crippen LogP) is 4.65. The molecule has 4 rings (SSSR count). The van der Waals surface area contributed by atoms with E-state index in [4.69, 9.17) is 4.74 Å². The minimum absolute atomic E-state index is 0.000491. The molecule has 1 aliphatic carbocycles. The average Bonchev–Trinajstić information content (AvgIpc) is 3.18. The second-order valence-corrected chi connectivity index (χ2v) is 9.60. The monoisotopic (exact) mass is 478 g/mol. The number of rotatable bonds is 8. The Labute approximate surface area is 206 Å². The second-order valence-electron chi connectivity index (χ2n) is 9.60. The smallest absolute Gasteiger partial charge is 0.407 e. The van der Waals surface area contributed by atoms with E-state index in [1.165, 1.54) is 11.1 Å². The molecule has 2 aliphatic rings. The lowest BCUT2D eigenvalue weighted by molar-refractivity contribution is -0.149. The molecule has 2 amide bonds. The number of carboxylic acids is 1. The van der Waals surface area contributed by atoms with Gasteiger partial charge in [-0.25, -0.2) is 4.79 Å². The van der Waals surface area contributed by atoms with Gasteiger partial charge in [-0.15, -0.1) is 0 Å². The average molecular weight is 479 g/mol. The van der Waals surface area contributed by atoms with Crippen molar-refractivity contribution >= 4 is 18.0 Å². The van der Waals surface area contributed by atoms with E-state index in [1.54, 1.807) is 4.90 Å². The summed E-state index contributed by atoms with van der Waals surface area (Å²) in [5, 5.41) is 12.2. The van der Waals surface area contributed by atoms with Crippen molar-refractivity contribution in [3.63, 3.8) is 0 Å². The highest BCUT2D eigenvalue weighted by atomic mass is 16.5. The van der Waals surface area contributed by atoms with Crippen LogP contribution >= 0.6 is 0 Å². The SMILES string of the molecule is CCC(CNC(=O)OCC1c2ccccc2-c2ccccc21)CC(=O)N1CCC[C@H](C(=O)O)[C@@H]1C. The number of alkyl carbamates (subject to hydrolysis) is 1. The lowest BCUT2D eigenvalue weighted by Gasteiger charge is -2.38. The number of hydrogen-bond acceptors (Lipinski definition) is 4. The van der Waals surface area contributed by atoms with Crippen LogP contribution in [0.25, 0.3) is 11.1 Å². The van der Waals surface area contributed by atoms with Crippen LogP contribution in [0.1, 0.15) is 56.6 Å². The fourth-order valence-electron chi connectivity index (χ4n) is 5.43. The molecule has 1 aliphatic heterocycles. The van der Waals surface area contributed by atoms with Gasteiger partial charge in [-0.2, -0.15) is 0 Å². The third kappa shape index (κ3) is 5.34. The molecule has 35 heavy (non-hydrogen) atoms. The Hall–Kier alpha value is -3.35. The Morgan fingerprint density at radius 1 is 1.09 bits per heavy atom. The Bertz CT molecular complexity index is 1040. The summed E-state index contributed by atoms with van der Waals surface area (Å²) in [6.07, 6.45) is 1.80. The number of ether oxygens (including phenoxy) is 1. The summed E-state index contributed by atoms with van der Waals surface area (Å²) < 4.78 is 5.60. The first-order valence-electron chi connectivity index (χ1n) is 12.5. The number of carbonyl (C=O) groups excluding carboxylic acids is 2. The third-order valence-corrected chi connectivity index (χ3v) is 7.55. The van der Waals surface area contributed by atoms with Gasteiger partial charge in [0.25, 0.3) is 0 Å². The highest BCUT2D eigenvalue weighted by molar-refractivity contribution is 5.80. The molecule has 2 aromatic rings. The van der Waals surface area contributed by atoms with Crippen molar-refractivity contribution in [2.24, 2.45) is 11.8 Å². The number of aliphatic carboxylic acids is 1. The van der Waals surface area contributed by atoms with Crippen molar-refractivity contribution in [2.45, 2.75) is 51.5 Å². The third-order valence-electron chi connectivity index (χ3n) is 7.55. The van der Waals surface area contributed by atoms with Crippen LogP contribution in [-0.4, -0.2) is 53.7 Å². The topological polar surface area (TPSA) is 95.9 Å². The number of hydrogen-bond donors (Lipinski definition) is 2. The molecular formula is C28H34N2O5. The molecule has 0 saturated carbocycles. The number of benzene rings is 2. The normalized spacial score (nSPS) is 20.0. The molecule has 0 radical (unpaired) electrons. The van der Waals surface area contributed by atoms with Crippen LogP contribution in [-0.2, 0) is 14.3 Å². The number of nitrogens with one attached hydrogen (secondary N) is 1. The van der Waals surface area contributed by atoms with E-state index in [9.17, 15) is 19.5 Å². The molecule has 1 saturated heterocycles. The van der Waals surface area contributed by atoms with Crippen LogP contribution < -0.4 is 5.32 Å². The molecule has 0 bridgehead atoms. The minimum atomic E-state index is -0.848. The van der Waals surface area contributed by atoms with Gasteiger partial charge < -0.3 is 20.1 Å². The van der Waals surface area contributed by atoms with Crippen LogP contribution in [0.15, 0.2) is 48.5 Å². The zero-order chi connectivity index (χ0) is 24.9. The van der Waals surface area contributed by atoms with Crippen LogP contribution in [0.5, 0.6) is 0 Å². The van der Waals surface area contributed by atoms with E-state index in [-0.39, 0.29) is 36.8 Å². The summed E-state index contributed by atoms with van der Waals surface area (Å²) in [5.74, 6) is -1.46. The van der Waals surface area contributed by atoms with E-state index >= 15 is 0 Å². The van der Waals surface area contributed by atoms with E-state index in [0.717, 1.165) is 17.5 Å². The van der Waals surface area contributed by atoms with Gasteiger partial charge in [-0.05, 0) is 47.9 Å². The summed E-state index contributed by atoms with van der Waals surface area (Å²) in [7, 11) is 0. The number of carbonyl (C=O) groups is 3. The number of likely N-dealkylation sites (tertiary alicyclic amines) is 1.